The van der Waals surface area contributed by atoms with Crippen LogP contribution in [0.4, 0.5) is 0 Å². The lowest BCUT2D eigenvalue weighted by molar-refractivity contribution is 0.0536. The number of fused-ring (bicyclic) bond motifs is 1. The molecule has 2 heterocycles. The van der Waals surface area contributed by atoms with Crippen LogP contribution < -0.4 is 15.2 Å². The number of aliphatic hydroxyl groups excluding tert-OH is 2. The Bertz CT molecular complexity index is 1290. The Kier molecular flexibility index (Phi) is 6.85. The second-order valence-electron chi connectivity index (χ2n) is 7.34. The predicted molar refractivity (Wildman–Crippen MR) is 127 cm³/mol. The molecule has 0 saturated carbocycles. The number of thiophene rings is 1. The summed E-state index contributed by atoms with van der Waals surface area (Å²) >= 11 is 7.47. The van der Waals surface area contributed by atoms with Crippen molar-refractivity contribution >= 4 is 39.9 Å². The number of halogens is 1. The van der Waals surface area contributed by atoms with Crippen LogP contribution in [0.3, 0.4) is 0 Å². The number of carbonyl (C=O) groups excluding carboxylic acids is 1. The van der Waals surface area contributed by atoms with Gasteiger partial charge in [-0.2, -0.15) is 0 Å². The first kappa shape index (κ1) is 23.1. The Labute approximate surface area is 198 Å². The van der Waals surface area contributed by atoms with E-state index >= 15 is 0 Å². The van der Waals surface area contributed by atoms with Gasteiger partial charge in [-0.25, -0.2) is 4.98 Å². The number of imidazole rings is 1. The lowest BCUT2D eigenvalue weighted by atomic mass is 10.1. The summed E-state index contributed by atoms with van der Waals surface area (Å²) in [6, 6.07) is 14.4. The van der Waals surface area contributed by atoms with Crippen LogP contribution in [0.25, 0.3) is 16.0 Å². The number of primary amides is 1. The molecular weight excluding hydrogens is 466 g/mol. The van der Waals surface area contributed by atoms with E-state index in [1.807, 2.05) is 25.1 Å². The standard InChI is InChI=1S/C23H22ClN3O5S/c1-13(16-4-2-3-5-17(16)24)32-20-9-21(33-22(20)23(25)30)27-12-26-18-7-6-15(8-19(18)27)31-11-14(29)10-28/h2-9,12-14,28-29H,10-11H2,1H3,(H2,25,30)/t13-,14+/m1/s1. The number of nitrogens with zero attached hydrogens (tertiary/aromatic N) is 2. The minimum atomic E-state index is -0.971. The van der Waals surface area contributed by atoms with Crippen molar-refractivity contribution in [1.29, 1.82) is 0 Å². The Morgan fingerprint density at radius 2 is 2.06 bits per heavy atom. The predicted octanol–water partition coefficient (Wildman–Crippen LogP) is 3.71. The number of aliphatic hydroxyl groups is 2. The summed E-state index contributed by atoms with van der Waals surface area (Å²) in [6.45, 7) is 1.42. The zero-order valence-corrected chi connectivity index (χ0v) is 19.2. The highest BCUT2D eigenvalue weighted by Gasteiger charge is 2.21. The van der Waals surface area contributed by atoms with Crippen molar-refractivity contribution in [2.24, 2.45) is 5.73 Å². The molecule has 10 heteroatoms. The fraction of sp³-hybridized carbons (Fsp3) is 0.217. The first-order chi connectivity index (χ1) is 15.9. The number of carbonyl (C=O) groups is 1. The van der Waals surface area contributed by atoms with Crippen LogP contribution in [0.15, 0.2) is 54.9 Å². The maximum atomic E-state index is 12.1. The van der Waals surface area contributed by atoms with Crippen LogP contribution in [-0.2, 0) is 0 Å². The SMILES string of the molecule is C[C@@H](Oc1cc(-n2cnc3ccc(OC[C@@H](O)CO)cc32)sc1C(N)=O)c1ccccc1Cl. The molecular formula is C23H22ClN3O5S. The maximum absolute atomic E-state index is 12.1. The molecule has 0 aliphatic carbocycles. The summed E-state index contributed by atoms with van der Waals surface area (Å²) in [4.78, 5) is 16.8. The van der Waals surface area contributed by atoms with E-state index in [9.17, 15) is 9.90 Å². The minimum Gasteiger partial charge on any atom is -0.491 e. The van der Waals surface area contributed by atoms with Gasteiger partial charge >= 0.3 is 0 Å². The number of nitrogens with two attached hydrogens (primary N) is 1. The van der Waals surface area contributed by atoms with Gasteiger partial charge in [-0.1, -0.05) is 29.8 Å². The van der Waals surface area contributed by atoms with Gasteiger partial charge < -0.3 is 25.4 Å². The quantitative estimate of drug-likeness (QED) is 0.331. The summed E-state index contributed by atoms with van der Waals surface area (Å²) < 4.78 is 13.4. The van der Waals surface area contributed by atoms with Crippen molar-refractivity contribution in [3.05, 3.63) is 70.3 Å². The van der Waals surface area contributed by atoms with E-state index in [0.717, 1.165) is 11.1 Å². The summed E-state index contributed by atoms with van der Waals surface area (Å²) in [5, 5.41) is 19.7. The third kappa shape index (κ3) is 4.96. The van der Waals surface area contributed by atoms with Crippen molar-refractivity contribution < 1.29 is 24.5 Å². The highest BCUT2D eigenvalue weighted by Crippen LogP contribution is 2.37. The van der Waals surface area contributed by atoms with Gasteiger partial charge in [0.25, 0.3) is 5.91 Å². The smallest absolute Gasteiger partial charge is 0.262 e. The summed E-state index contributed by atoms with van der Waals surface area (Å²) in [7, 11) is 0. The molecule has 2 aromatic carbocycles. The van der Waals surface area contributed by atoms with Crippen LogP contribution in [0.5, 0.6) is 11.5 Å². The highest BCUT2D eigenvalue weighted by atomic mass is 35.5. The van der Waals surface area contributed by atoms with Crippen LogP contribution in [-0.4, -0.2) is 45.0 Å². The van der Waals surface area contributed by atoms with Crippen molar-refractivity contribution in [3.8, 4) is 16.5 Å². The Hall–Kier alpha value is -3.11. The molecule has 2 atom stereocenters. The van der Waals surface area contributed by atoms with Crippen LogP contribution in [0.2, 0.25) is 5.02 Å². The van der Waals surface area contributed by atoms with Crippen LogP contribution >= 0.6 is 22.9 Å². The van der Waals surface area contributed by atoms with Gasteiger partial charge in [0.05, 0.1) is 17.6 Å². The lowest BCUT2D eigenvalue weighted by Gasteiger charge is -2.16. The van der Waals surface area contributed by atoms with Crippen molar-refractivity contribution in [2.45, 2.75) is 19.1 Å². The molecule has 0 fully saturated rings. The van der Waals surface area contributed by atoms with Gasteiger partial charge in [-0.3, -0.25) is 9.36 Å². The molecule has 8 nitrogen and oxygen atoms in total. The van der Waals surface area contributed by atoms with E-state index in [2.05, 4.69) is 4.98 Å². The fourth-order valence-corrected chi connectivity index (χ4v) is 4.51. The molecule has 33 heavy (non-hydrogen) atoms. The highest BCUT2D eigenvalue weighted by molar-refractivity contribution is 7.16. The molecule has 2 aromatic heterocycles. The van der Waals surface area contributed by atoms with E-state index in [0.29, 0.717) is 27.0 Å². The number of rotatable bonds is 9. The van der Waals surface area contributed by atoms with Gasteiger partial charge in [-0.15, -0.1) is 11.3 Å². The molecule has 0 bridgehead atoms. The molecule has 172 valence electrons. The molecule has 0 radical (unpaired) electrons. The zero-order chi connectivity index (χ0) is 23.5. The first-order valence-electron chi connectivity index (χ1n) is 10.1. The number of aromatic nitrogens is 2. The van der Waals surface area contributed by atoms with Crippen LogP contribution in [0.1, 0.15) is 28.3 Å². The topological polar surface area (TPSA) is 120 Å². The van der Waals surface area contributed by atoms with E-state index in [1.165, 1.54) is 11.3 Å². The van der Waals surface area contributed by atoms with E-state index < -0.39 is 18.1 Å². The van der Waals surface area contributed by atoms with Gasteiger partial charge in [0.15, 0.2) is 0 Å². The van der Waals surface area contributed by atoms with Crippen molar-refractivity contribution in [1.82, 2.24) is 9.55 Å². The number of amides is 1. The molecule has 4 rings (SSSR count). The lowest BCUT2D eigenvalue weighted by Crippen LogP contribution is -2.21. The third-order valence-electron chi connectivity index (χ3n) is 4.96. The Morgan fingerprint density at radius 1 is 1.27 bits per heavy atom. The molecule has 0 aliphatic rings. The molecule has 0 aliphatic heterocycles. The first-order valence-corrected chi connectivity index (χ1v) is 11.3. The maximum Gasteiger partial charge on any atom is 0.262 e. The second kappa shape index (κ2) is 9.80. The Morgan fingerprint density at radius 3 is 2.79 bits per heavy atom. The fourth-order valence-electron chi connectivity index (χ4n) is 3.30. The van der Waals surface area contributed by atoms with Gasteiger partial charge in [0.2, 0.25) is 0 Å². The zero-order valence-electron chi connectivity index (χ0n) is 17.6. The van der Waals surface area contributed by atoms with Crippen molar-refractivity contribution in [3.63, 3.8) is 0 Å². The van der Waals surface area contributed by atoms with E-state index in [-0.39, 0.29) is 18.1 Å². The molecule has 4 N–H and O–H groups in total. The summed E-state index contributed by atoms with van der Waals surface area (Å²) in [5.41, 5.74) is 7.86. The van der Waals surface area contributed by atoms with Gasteiger partial charge in [-0.05, 0) is 25.1 Å². The number of benzene rings is 2. The largest absolute Gasteiger partial charge is 0.491 e. The minimum absolute atomic E-state index is 0.0428. The molecule has 4 aromatic rings. The van der Waals surface area contributed by atoms with Gasteiger partial charge in [0.1, 0.15) is 46.5 Å². The van der Waals surface area contributed by atoms with E-state index in [1.54, 1.807) is 41.2 Å². The van der Waals surface area contributed by atoms with E-state index in [4.69, 9.17) is 31.9 Å². The average Bonchev–Trinajstić information content (AvgIpc) is 3.41. The molecule has 0 spiro atoms. The summed E-state index contributed by atoms with van der Waals surface area (Å²) in [5.74, 6) is 0.265. The average molecular weight is 488 g/mol. The number of hydrogen-bond donors (Lipinski definition) is 3. The van der Waals surface area contributed by atoms with Gasteiger partial charge in [0, 0.05) is 22.7 Å². The van der Waals surface area contributed by atoms with Crippen molar-refractivity contribution in [2.75, 3.05) is 13.2 Å². The third-order valence-corrected chi connectivity index (χ3v) is 6.44. The van der Waals surface area contributed by atoms with Crippen LogP contribution in [0, 0.1) is 0 Å². The molecule has 1 amide bonds. The second-order valence-corrected chi connectivity index (χ2v) is 8.77. The monoisotopic (exact) mass is 487 g/mol. The Balaban J connectivity index is 1.66. The number of ether oxygens (including phenoxy) is 2. The number of hydrogen-bond acceptors (Lipinski definition) is 7. The molecule has 0 unspecified atom stereocenters. The summed E-state index contributed by atoms with van der Waals surface area (Å²) in [6.07, 6.45) is 0.257. The normalized spacial score (nSPS) is 13.1. The molecule has 0 saturated heterocycles.